The highest BCUT2D eigenvalue weighted by atomic mass is 16.5. The molecule has 1 amide bonds. The predicted molar refractivity (Wildman–Crippen MR) is 136 cm³/mol. The first-order valence-corrected chi connectivity index (χ1v) is 12.4. The Morgan fingerprint density at radius 3 is 2.51 bits per heavy atom. The van der Waals surface area contributed by atoms with E-state index in [0.29, 0.717) is 45.3 Å². The largest absolute Gasteiger partial charge is 0.494 e. The number of amides is 1. The molecule has 4 rings (SSSR count). The van der Waals surface area contributed by atoms with Gasteiger partial charge in [0.1, 0.15) is 23.9 Å². The molecule has 0 spiro atoms. The molecule has 2 atom stereocenters. The van der Waals surface area contributed by atoms with Crippen LogP contribution in [0.1, 0.15) is 63.5 Å². The highest BCUT2D eigenvalue weighted by Gasteiger charge is 2.37. The summed E-state index contributed by atoms with van der Waals surface area (Å²) in [5.41, 5.74) is 2.77. The van der Waals surface area contributed by atoms with Gasteiger partial charge in [0.2, 0.25) is 11.9 Å². The van der Waals surface area contributed by atoms with Crippen LogP contribution in [0.25, 0.3) is 0 Å². The number of benzene rings is 1. The number of hydrogen-bond donors (Lipinski definition) is 1. The number of nitrogens with zero attached hydrogens (tertiary/aromatic N) is 5. The van der Waals surface area contributed by atoms with Crippen molar-refractivity contribution in [3.8, 4) is 5.75 Å². The van der Waals surface area contributed by atoms with Gasteiger partial charge in [-0.25, -0.2) is 4.98 Å². The summed E-state index contributed by atoms with van der Waals surface area (Å²) >= 11 is 0. The average Bonchev–Trinajstić information content (AvgIpc) is 3.24. The standard InChI is InChI=1S/C26H36N6O3/c1-6-35-23-10-8-7-9-20(23)18(4)27-25-21-15-32(17(2)3)22(16-33)24(21)28-26(29-25)31-13-11-30(12-14-31)19(5)34/h7-10,16-18,22H,6,11-15H2,1-5H3,(H,27,28,29)/t18?,22-/m0/s1. The van der Waals surface area contributed by atoms with Crippen molar-refractivity contribution in [3.63, 3.8) is 0 Å². The van der Waals surface area contributed by atoms with Gasteiger partial charge in [-0.3, -0.25) is 9.69 Å². The van der Waals surface area contributed by atoms with Crippen molar-refractivity contribution in [3.05, 3.63) is 41.1 Å². The van der Waals surface area contributed by atoms with Crippen LogP contribution in [0.4, 0.5) is 11.8 Å². The molecule has 9 heteroatoms. The van der Waals surface area contributed by atoms with Crippen LogP contribution in [-0.4, -0.2) is 70.8 Å². The molecule has 1 aromatic heterocycles. The third-order valence-electron chi connectivity index (χ3n) is 6.84. The topological polar surface area (TPSA) is 90.9 Å². The zero-order valence-corrected chi connectivity index (χ0v) is 21.3. The van der Waals surface area contributed by atoms with Gasteiger partial charge in [-0.05, 0) is 33.8 Å². The van der Waals surface area contributed by atoms with Gasteiger partial charge in [-0.15, -0.1) is 0 Å². The van der Waals surface area contributed by atoms with E-state index in [1.807, 2.05) is 30.0 Å². The summed E-state index contributed by atoms with van der Waals surface area (Å²) in [7, 11) is 0. The maximum Gasteiger partial charge on any atom is 0.227 e. The number of rotatable bonds is 8. The summed E-state index contributed by atoms with van der Waals surface area (Å²) in [5.74, 6) is 2.26. The Hall–Kier alpha value is -3.20. The van der Waals surface area contributed by atoms with E-state index in [-0.39, 0.29) is 18.0 Å². The molecule has 188 valence electrons. The molecule has 0 radical (unpaired) electrons. The minimum absolute atomic E-state index is 0.0676. The fraction of sp³-hybridized carbons (Fsp3) is 0.538. The number of piperazine rings is 1. The third-order valence-corrected chi connectivity index (χ3v) is 6.84. The Morgan fingerprint density at radius 2 is 1.89 bits per heavy atom. The van der Waals surface area contributed by atoms with E-state index in [1.165, 1.54) is 0 Å². The second-order valence-corrected chi connectivity index (χ2v) is 9.41. The lowest BCUT2D eigenvalue weighted by atomic mass is 10.1. The molecule has 1 fully saturated rings. The predicted octanol–water partition coefficient (Wildman–Crippen LogP) is 3.18. The van der Waals surface area contributed by atoms with Crippen LogP contribution in [0.15, 0.2) is 24.3 Å². The van der Waals surface area contributed by atoms with Crippen molar-refractivity contribution < 1.29 is 14.3 Å². The van der Waals surface area contributed by atoms with Gasteiger partial charge in [0.05, 0.1) is 18.3 Å². The van der Waals surface area contributed by atoms with E-state index < -0.39 is 6.04 Å². The quantitative estimate of drug-likeness (QED) is 0.576. The van der Waals surface area contributed by atoms with Crippen LogP contribution >= 0.6 is 0 Å². The Balaban J connectivity index is 1.70. The first-order valence-electron chi connectivity index (χ1n) is 12.4. The van der Waals surface area contributed by atoms with Crippen molar-refractivity contribution in [2.75, 3.05) is 43.0 Å². The Morgan fingerprint density at radius 1 is 1.17 bits per heavy atom. The molecule has 2 aliphatic rings. The number of aldehydes is 1. The van der Waals surface area contributed by atoms with E-state index in [9.17, 15) is 9.59 Å². The summed E-state index contributed by atoms with van der Waals surface area (Å²) in [5, 5.41) is 3.60. The summed E-state index contributed by atoms with van der Waals surface area (Å²) in [6, 6.07) is 7.72. The molecule has 35 heavy (non-hydrogen) atoms. The molecule has 3 heterocycles. The van der Waals surface area contributed by atoms with E-state index in [0.717, 1.165) is 34.7 Å². The Labute approximate surface area is 207 Å². The normalized spacial score (nSPS) is 19.0. The molecule has 1 N–H and O–H groups in total. The number of ether oxygens (including phenoxy) is 1. The number of para-hydroxylation sites is 1. The lowest BCUT2D eigenvalue weighted by Crippen LogP contribution is -2.48. The number of fused-ring (bicyclic) bond motifs is 1. The lowest BCUT2D eigenvalue weighted by Gasteiger charge is -2.34. The molecule has 9 nitrogen and oxygen atoms in total. The maximum absolute atomic E-state index is 12.2. The SMILES string of the molecule is CCOc1ccccc1C(C)Nc1nc(N2CCN(C(C)=O)CC2)nc2c1CN(C(C)C)[C@H]2C=O. The van der Waals surface area contributed by atoms with Gasteiger partial charge in [-0.1, -0.05) is 18.2 Å². The van der Waals surface area contributed by atoms with Crippen molar-refractivity contribution in [1.29, 1.82) is 0 Å². The second-order valence-electron chi connectivity index (χ2n) is 9.41. The van der Waals surface area contributed by atoms with Crippen molar-refractivity contribution in [2.24, 2.45) is 0 Å². The first-order chi connectivity index (χ1) is 16.8. The number of carbonyl (C=O) groups excluding carboxylic acids is 2. The monoisotopic (exact) mass is 480 g/mol. The number of aromatic nitrogens is 2. The fourth-order valence-electron chi connectivity index (χ4n) is 4.86. The second kappa shape index (κ2) is 10.6. The summed E-state index contributed by atoms with van der Waals surface area (Å²) in [4.78, 5) is 39.9. The summed E-state index contributed by atoms with van der Waals surface area (Å²) in [6.45, 7) is 13.6. The maximum atomic E-state index is 12.2. The Bertz CT molecular complexity index is 1070. The smallest absolute Gasteiger partial charge is 0.227 e. The van der Waals surface area contributed by atoms with E-state index in [2.05, 4.69) is 42.0 Å². The third kappa shape index (κ3) is 5.10. The fourth-order valence-corrected chi connectivity index (χ4v) is 4.86. The number of hydrogen-bond acceptors (Lipinski definition) is 8. The van der Waals surface area contributed by atoms with Crippen LogP contribution in [0.5, 0.6) is 5.75 Å². The molecule has 2 aliphatic heterocycles. The molecule has 0 aliphatic carbocycles. The minimum Gasteiger partial charge on any atom is -0.494 e. The van der Waals surface area contributed by atoms with Crippen molar-refractivity contribution >= 4 is 24.0 Å². The molecular formula is C26H36N6O3. The highest BCUT2D eigenvalue weighted by Crippen LogP contribution is 2.39. The molecule has 0 bridgehead atoms. The van der Waals surface area contributed by atoms with Crippen LogP contribution < -0.4 is 15.0 Å². The van der Waals surface area contributed by atoms with Gasteiger partial charge in [0.15, 0.2) is 0 Å². The van der Waals surface area contributed by atoms with E-state index >= 15 is 0 Å². The van der Waals surface area contributed by atoms with Crippen LogP contribution in [0.3, 0.4) is 0 Å². The van der Waals surface area contributed by atoms with Crippen molar-refractivity contribution in [1.82, 2.24) is 19.8 Å². The van der Waals surface area contributed by atoms with Gasteiger partial charge in [0, 0.05) is 56.8 Å². The first kappa shape index (κ1) is 24.9. The summed E-state index contributed by atoms with van der Waals surface area (Å²) < 4.78 is 5.85. The van der Waals surface area contributed by atoms with Crippen LogP contribution in [0.2, 0.25) is 0 Å². The highest BCUT2D eigenvalue weighted by molar-refractivity contribution is 5.73. The van der Waals surface area contributed by atoms with Gasteiger partial charge in [0.25, 0.3) is 0 Å². The van der Waals surface area contributed by atoms with Gasteiger partial charge in [-0.2, -0.15) is 4.98 Å². The molecule has 1 saturated heterocycles. The van der Waals surface area contributed by atoms with Crippen LogP contribution in [-0.2, 0) is 16.1 Å². The molecule has 1 aromatic carbocycles. The Kier molecular flexibility index (Phi) is 7.54. The zero-order valence-electron chi connectivity index (χ0n) is 21.3. The van der Waals surface area contributed by atoms with E-state index in [4.69, 9.17) is 14.7 Å². The van der Waals surface area contributed by atoms with Gasteiger partial charge < -0.3 is 24.6 Å². The molecule has 0 saturated carbocycles. The van der Waals surface area contributed by atoms with E-state index in [1.54, 1.807) is 6.92 Å². The lowest BCUT2D eigenvalue weighted by molar-refractivity contribution is -0.129. The number of anilines is 2. The average molecular weight is 481 g/mol. The number of nitrogens with one attached hydrogen (secondary N) is 1. The van der Waals surface area contributed by atoms with Gasteiger partial charge >= 0.3 is 0 Å². The van der Waals surface area contributed by atoms with Crippen LogP contribution in [0, 0.1) is 0 Å². The number of carbonyl (C=O) groups is 2. The zero-order chi connectivity index (χ0) is 25.1. The molecule has 1 unspecified atom stereocenters. The molecular weight excluding hydrogens is 444 g/mol. The summed E-state index contributed by atoms with van der Waals surface area (Å²) in [6.07, 6.45) is 0.980. The van der Waals surface area contributed by atoms with Crippen molar-refractivity contribution in [2.45, 2.75) is 59.3 Å². The molecule has 2 aromatic rings. The minimum atomic E-state index is -0.406.